The van der Waals surface area contributed by atoms with Crippen molar-refractivity contribution >= 4 is 11.6 Å². The van der Waals surface area contributed by atoms with Crippen LogP contribution in [0.25, 0.3) is 0 Å². The number of aromatic hydroxyl groups is 1. The second-order valence-electron chi connectivity index (χ2n) is 3.10. The average Bonchev–Trinajstić information content (AvgIpc) is 2.04. The van der Waals surface area contributed by atoms with Crippen LogP contribution in [0.5, 0.6) is 5.75 Å². The van der Waals surface area contributed by atoms with E-state index in [1.807, 2.05) is 0 Å². The molecule has 3 heteroatoms. The van der Waals surface area contributed by atoms with Gasteiger partial charge in [-0.1, -0.05) is 31.0 Å². The lowest BCUT2D eigenvalue weighted by molar-refractivity contribution is 0.474. The van der Waals surface area contributed by atoms with Gasteiger partial charge in [0.05, 0.1) is 0 Å². The van der Waals surface area contributed by atoms with Crippen molar-refractivity contribution in [1.82, 2.24) is 0 Å². The van der Waals surface area contributed by atoms with Gasteiger partial charge in [0.25, 0.3) is 0 Å². The molecule has 1 aromatic carbocycles. The number of hydrogen-bond acceptors (Lipinski definition) is 2. The van der Waals surface area contributed by atoms with Crippen molar-refractivity contribution in [3.05, 3.63) is 28.8 Å². The Morgan fingerprint density at radius 1 is 1.54 bits per heavy atom. The standard InChI is InChI=1S/C10H14ClNO/c1-2-3-10(12)8-5-4-7(13)6-9(8)11/h4-6,10,13H,2-3,12H2,1H3. The molecule has 0 spiro atoms. The Balaban J connectivity index is 2.88. The normalized spacial score (nSPS) is 12.8. The van der Waals surface area contributed by atoms with Crippen LogP contribution in [0.4, 0.5) is 0 Å². The van der Waals surface area contributed by atoms with Gasteiger partial charge < -0.3 is 10.8 Å². The van der Waals surface area contributed by atoms with E-state index in [9.17, 15) is 0 Å². The highest BCUT2D eigenvalue weighted by molar-refractivity contribution is 6.31. The highest BCUT2D eigenvalue weighted by Crippen LogP contribution is 2.27. The third-order valence-corrected chi connectivity index (χ3v) is 2.31. The molecule has 0 saturated heterocycles. The second-order valence-corrected chi connectivity index (χ2v) is 3.51. The quantitative estimate of drug-likeness (QED) is 0.787. The first-order valence-electron chi connectivity index (χ1n) is 4.39. The van der Waals surface area contributed by atoms with Crippen LogP contribution in [-0.2, 0) is 0 Å². The molecule has 0 aliphatic carbocycles. The van der Waals surface area contributed by atoms with E-state index in [1.165, 1.54) is 6.07 Å². The lowest BCUT2D eigenvalue weighted by Crippen LogP contribution is -2.09. The van der Waals surface area contributed by atoms with E-state index in [-0.39, 0.29) is 11.8 Å². The fourth-order valence-electron chi connectivity index (χ4n) is 1.28. The monoisotopic (exact) mass is 199 g/mol. The number of phenols is 1. The molecule has 0 bridgehead atoms. The summed E-state index contributed by atoms with van der Waals surface area (Å²) in [6.45, 7) is 2.08. The van der Waals surface area contributed by atoms with Crippen molar-refractivity contribution in [2.75, 3.05) is 0 Å². The molecule has 2 nitrogen and oxygen atoms in total. The maximum atomic E-state index is 9.12. The fraction of sp³-hybridized carbons (Fsp3) is 0.400. The summed E-state index contributed by atoms with van der Waals surface area (Å²) in [5.41, 5.74) is 6.79. The molecule has 1 unspecified atom stereocenters. The topological polar surface area (TPSA) is 46.2 Å². The molecule has 1 rings (SSSR count). The van der Waals surface area contributed by atoms with Gasteiger partial charge in [-0.25, -0.2) is 0 Å². The predicted octanol–water partition coefficient (Wildman–Crippen LogP) is 2.85. The van der Waals surface area contributed by atoms with Gasteiger partial charge in [0.2, 0.25) is 0 Å². The first kappa shape index (κ1) is 10.4. The summed E-state index contributed by atoms with van der Waals surface area (Å²) in [7, 11) is 0. The highest BCUT2D eigenvalue weighted by atomic mass is 35.5. The van der Waals surface area contributed by atoms with Gasteiger partial charge in [0, 0.05) is 11.1 Å². The number of rotatable bonds is 3. The number of halogens is 1. The molecule has 3 N–H and O–H groups in total. The smallest absolute Gasteiger partial charge is 0.117 e. The maximum absolute atomic E-state index is 9.12. The Bertz CT molecular complexity index is 288. The van der Waals surface area contributed by atoms with Crippen LogP contribution in [0.3, 0.4) is 0 Å². The van der Waals surface area contributed by atoms with E-state index in [0.717, 1.165) is 18.4 Å². The van der Waals surface area contributed by atoms with Gasteiger partial charge in [-0.15, -0.1) is 0 Å². The molecule has 13 heavy (non-hydrogen) atoms. The average molecular weight is 200 g/mol. The van der Waals surface area contributed by atoms with Gasteiger partial charge in [-0.2, -0.15) is 0 Å². The van der Waals surface area contributed by atoms with Gasteiger partial charge >= 0.3 is 0 Å². The Morgan fingerprint density at radius 3 is 2.77 bits per heavy atom. The SMILES string of the molecule is CCCC(N)c1ccc(O)cc1Cl. The van der Waals surface area contributed by atoms with Crippen LogP contribution in [0.2, 0.25) is 5.02 Å². The zero-order chi connectivity index (χ0) is 9.84. The second kappa shape index (κ2) is 4.49. The molecule has 0 saturated carbocycles. The molecule has 0 heterocycles. The number of hydrogen-bond donors (Lipinski definition) is 2. The van der Waals surface area contributed by atoms with Crippen molar-refractivity contribution in [3.63, 3.8) is 0 Å². The zero-order valence-electron chi connectivity index (χ0n) is 7.63. The summed E-state index contributed by atoms with van der Waals surface area (Å²) in [6.07, 6.45) is 1.93. The van der Waals surface area contributed by atoms with Gasteiger partial charge in [-0.05, 0) is 24.1 Å². The van der Waals surface area contributed by atoms with Crippen molar-refractivity contribution in [2.24, 2.45) is 5.73 Å². The molecular weight excluding hydrogens is 186 g/mol. The first-order valence-corrected chi connectivity index (χ1v) is 4.77. The van der Waals surface area contributed by atoms with E-state index in [0.29, 0.717) is 5.02 Å². The van der Waals surface area contributed by atoms with Crippen LogP contribution in [-0.4, -0.2) is 5.11 Å². The number of nitrogens with two attached hydrogens (primary N) is 1. The van der Waals surface area contributed by atoms with E-state index in [4.69, 9.17) is 22.4 Å². The molecular formula is C10H14ClNO. The maximum Gasteiger partial charge on any atom is 0.117 e. The van der Waals surface area contributed by atoms with Crippen LogP contribution >= 0.6 is 11.6 Å². The Kier molecular flexibility index (Phi) is 3.58. The van der Waals surface area contributed by atoms with Gasteiger partial charge in [0.15, 0.2) is 0 Å². The first-order chi connectivity index (χ1) is 6.15. The summed E-state index contributed by atoms with van der Waals surface area (Å²) in [5, 5.41) is 9.67. The Hall–Kier alpha value is -0.730. The summed E-state index contributed by atoms with van der Waals surface area (Å²) in [5.74, 6) is 0.178. The van der Waals surface area contributed by atoms with E-state index >= 15 is 0 Å². The molecule has 0 aliphatic rings. The van der Waals surface area contributed by atoms with Crippen molar-refractivity contribution in [2.45, 2.75) is 25.8 Å². The molecule has 0 aromatic heterocycles. The van der Waals surface area contributed by atoms with Crippen LogP contribution in [0.15, 0.2) is 18.2 Å². The third-order valence-electron chi connectivity index (χ3n) is 1.98. The fourth-order valence-corrected chi connectivity index (χ4v) is 1.60. The predicted molar refractivity (Wildman–Crippen MR) is 55.0 cm³/mol. The van der Waals surface area contributed by atoms with Gasteiger partial charge in [-0.3, -0.25) is 0 Å². The molecule has 72 valence electrons. The Labute approximate surface area is 83.3 Å². The van der Waals surface area contributed by atoms with Gasteiger partial charge in [0.1, 0.15) is 5.75 Å². The summed E-state index contributed by atoms with van der Waals surface area (Å²) in [4.78, 5) is 0. The minimum absolute atomic E-state index is 0.0295. The zero-order valence-corrected chi connectivity index (χ0v) is 8.38. The minimum atomic E-state index is -0.0295. The minimum Gasteiger partial charge on any atom is -0.508 e. The van der Waals surface area contributed by atoms with Crippen molar-refractivity contribution in [1.29, 1.82) is 0 Å². The lowest BCUT2D eigenvalue weighted by atomic mass is 10.0. The molecule has 0 fully saturated rings. The van der Waals surface area contributed by atoms with E-state index < -0.39 is 0 Å². The van der Waals surface area contributed by atoms with E-state index in [2.05, 4.69) is 6.92 Å². The van der Waals surface area contributed by atoms with E-state index in [1.54, 1.807) is 12.1 Å². The molecule has 1 atom stereocenters. The third kappa shape index (κ3) is 2.61. The summed E-state index contributed by atoms with van der Waals surface area (Å²) in [6, 6.07) is 4.87. The van der Waals surface area contributed by atoms with Crippen LogP contribution < -0.4 is 5.73 Å². The lowest BCUT2D eigenvalue weighted by Gasteiger charge is -2.12. The van der Waals surface area contributed by atoms with Crippen molar-refractivity contribution in [3.8, 4) is 5.75 Å². The number of phenolic OH excluding ortho intramolecular Hbond substituents is 1. The molecule has 1 aromatic rings. The molecule has 0 aliphatic heterocycles. The number of benzene rings is 1. The van der Waals surface area contributed by atoms with Crippen LogP contribution in [0, 0.1) is 0 Å². The van der Waals surface area contributed by atoms with Crippen molar-refractivity contribution < 1.29 is 5.11 Å². The molecule has 0 amide bonds. The Morgan fingerprint density at radius 2 is 2.23 bits per heavy atom. The molecule has 0 radical (unpaired) electrons. The summed E-state index contributed by atoms with van der Waals surface area (Å²) >= 11 is 5.92. The summed E-state index contributed by atoms with van der Waals surface area (Å²) < 4.78 is 0. The largest absolute Gasteiger partial charge is 0.508 e. The highest BCUT2D eigenvalue weighted by Gasteiger charge is 2.09. The van der Waals surface area contributed by atoms with Crippen LogP contribution in [0.1, 0.15) is 31.4 Å².